The molecule has 2 heterocycles. The standard InChI is InChI=1S/C31H27N3O3/c1-20-28(33-27-11-7-10-26(32-27)23-8-5-4-6-9-23)29(37-34-20)24-14-12-21(13-15-24)22-16-18-25(19-17-22)31(2,3)30(35)36/h4-19H,1-3H3,(H,32,33)(H,35,36). The Balaban J connectivity index is 1.39. The highest BCUT2D eigenvalue weighted by molar-refractivity contribution is 5.81. The molecule has 0 saturated heterocycles. The molecule has 0 amide bonds. The number of carboxylic acids is 1. The number of aliphatic carboxylic acids is 1. The molecular formula is C31H27N3O3. The van der Waals surface area contributed by atoms with Gasteiger partial charge in [-0.15, -0.1) is 0 Å². The lowest BCUT2D eigenvalue weighted by Gasteiger charge is -2.19. The van der Waals surface area contributed by atoms with E-state index in [0.717, 1.165) is 44.9 Å². The Morgan fingerprint density at radius 1 is 0.784 bits per heavy atom. The monoisotopic (exact) mass is 489 g/mol. The van der Waals surface area contributed by atoms with Gasteiger partial charge in [0.05, 0.1) is 11.1 Å². The molecule has 5 rings (SSSR count). The van der Waals surface area contributed by atoms with Gasteiger partial charge in [0.25, 0.3) is 0 Å². The number of carboxylic acid groups (broad SMARTS) is 1. The summed E-state index contributed by atoms with van der Waals surface area (Å²) in [6.07, 6.45) is 0. The molecule has 6 nitrogen and oxygen atoms in total. The Labute approximate surface area is 215 Å². The van der Waals surface area contributed by atoms with Crippen molar-refractivity contribution in [1.29, 1.82) is 0 Å². The lowest BCUT2D eigenvalue weighted by atomic mass is 9.84. The number of benzene rings is 3. The second-order valence-electron chi connectivity index (χ2n) is 9.46. The quantitative estimate of drug-likeness (QED) is 0.246. The first-order chi connectivity index (χ1) is 17.8. The zero-order valence-corrected chi connectivity index (χ0v) is 20.9. The molecule has 0 fully saturated rings. The molecule has 0 bridgehead atoms. The Morgan fingerprint density at radius 2 is 1.41 bits per heavy atom. The predicted octanol–water partition coefficient (Wildman–Crippen LogP) is 7.48. The van der Waals surface area contributed by atoms with Gasteiger partial charge in [-0.1, -0.05) is 90.1 Å². The summed E-state index contributed by atoms with van der Waals surface area (Å²) < 4.78 is 5.69. The van der Waals surface area contributed by atoms with Gasteiger partial charge in [0.15, 0.2) is 5.76 Å². The number of nitrogens with zero attached hydrogens (tertiary/aromatic N) is 2. The zero-order valence-electron chi connectivity index (χ0n) is 20.9. The van der Waals surface area contributed by atoms with Crippen molar-refractivity contribution in [1.82, 2.24) is 10.1 Å². The van der Waals surface area contributed by atoms with E-state index in [4.69, 9.17) is 9.51 Å². The van der Waals surface area contributed by atoms with Crippen LogP contribution in [0.1, 0.15) is 25.1 Å². The van der Waals surface area contributed by atoms with Gasteiger partial charge in [0.2, 0.25) is 0 Å². The fraction of sp³-hybridized carbons (Fsp3) is 0.129. The van der Waals surface area contributed by atoms with E-state index in [9.17, 15) is 9.90 Å². The minimum Gasteiger partial charge on any atom is -0.481 e. The SMILES string of the molecule is Cc1noc(-c2ccc(-c3ccc(C(C)(C)C(=O)O)cc3)cc2)c1Nc1cccc(-c2ccccc2)n1. The fourth-order valence-corrected chi connectivity index (χ4v) is 4.13. The summed E-state index contributed by atoms with van der Waals surface area (Å²) in [6.45, 7) is 5.31. The van der Waals surface area contributed by atoms with Crippen molar-refractivity contribution in [2.45, 2.75) is 26.2 Å². The number of pyridine rings is 1. The van der Waals surface area contributed by atoms with Gasteiger partial charge >= 0.3 is 5.97 Å². The largest absolute Gasteiger partial charge is 0.481 e. The van der Waals surface area contributed by atoms with Crippen molar-refractivity contribution in [3.63, 3.8) is 0 Å². The fourth-order valence-electron chi connectivity index (χ4n) is 4.13. The Hall–Kier alpha value is -4.71. The number of nitrogens with one attached hydrogen (secondary N) is 1. The highest BCUT2D eigenvalue weighted by Gasteiger charge is 2.29. The molecule has 0 aliphatic heterocycles. The first-order valence-electron chi connectivity index (χ1n) is 12.0. The molecule has 6 heteroatoms. The molecule has 3 aromatic carbocycles. The number of aryl methyl sites for hydroxylation is 1. The molecule has 0 unspecified atom stereocenters. The van der Waals surface area contributed by atoms with Crippen molar-refractivity contribution in [3.8, 4) is 33.7 Å². The summed E-state index contributed by atoms with van der Waals surface area (Å²) in [6, 6.07) is 31.6. The average molecular weight is 490 g/mol. The van der Waals surface area contributed by atoms with Crippen LogP contribution in [0.25, 0.3) is 33.7 Å². The Morgan fingerprint density at radius 3 is 2.05 bits per heavy atom. The molecule has 0 aliphatic rings. The van der Waals surface area contributed by atoms with Crippen LogP contribution in [-0.4, -0.2) is 21.2 Å². The lowest BCUT2D eigenvalue weighted by Crippen LogP contribution is -2.28. The minimum atomic E-state index is -0.939. The third-order valence-corrected chi connectivity index (χ3v) is 6.56. The van der Waals surface area contributed by atoms with Gasteiger partial charge < -0.3 is 14.9 Å². The number of anilines is 2. The maximum Gasteiger partial charge on any atom is 0.313 e. The molecule has 2 aromatic heterocycles. The molecule has 2 N–H and O–H groups in total. The van der Waals surface area contributed by atoms with E-state index in [-0.39, 0.29) is 0 Å². The van der Waals surface area contributed by atoms with E-state index in [1.165, 1.54) is 0 Å². The smallest absolute Gasteiger partial charge is 0.313 e. The van der Waals surface area contributed by atoms with Gasteiger partial charge in [-0.2, -0.15) is 0 Å². The van der Waals surface area contributed by atoms with Crippen LogP contribution >= 0.6 is 0 Å². The average Bonchev–Trinajstić information content (AvgIpc) is 3.29. The minimum absolute atomic E-state index is 0.634. The van der Waals surface area contributed by atoms with E-state index in [1.807, 2.05) is 104 Å². The Bertz CT molecular complexity index is 1540. The van der Waals surface area contributed by atoms with Crippen LogP contribution in [0.5, 0.6) is 0 Å². The highest BCUT2D eigenvalue weighted by Crippen LogP contribution is 2.35. The summed E-state index contributed by atoms with van der Waals surface area (Å²) in [5.41, 5.74) is 6.16. The first-order valence-corrected chi connectivity index (χ1v) is 12.0. The van der Waals surface area contributed by atoms with Gasteiger partial charge in [0.1, 0.15) is 17.2 Å². The summed E-state index contributed by atoms with van der Waals surface area (Å²) in [5.74, 6) is 0.489. The van der Waals surface area contributed by atoms with Crippen LogP contribution < -0.4 is 5.32 Å². The van der Waals surface area contributed by atoms with E-state index in [1.54, 1.807) is 13.8 Å². The first kappa shape index (κ1) is 24.0. The maximum absolute atomic E-state index is 11.6. The molecule has 0 aliphatic carbocycles. The summed E-state index contributed by atoms with van der Waals surface area (Å²) in [5, 5.41) is 17.1. The molecule has 0 atom stereocenters. The number of hydrogen-bond donors (Lipinski definition) is 2. The van der Waals surface area contributed by atoms with Crippen LogP contribution in [0.15, 0.2) is 102 Å². The van der Waals surface area contributed by atoms with Gasteiger partial charge in [-0.3, -0.25) is 4.79 Å². The highest BCUT2D eigenvalue weighted by atomic mass is 16.5. The summed E-state index contributed by atoms with van der Waals surface area (Å²) >= 11 is 0. The van der Waals surface area contributed by atoms with Crippen LogP contribution in [0.4, 0.5) is 11.5 Å². The number of aromatic nitrogens is 2. The molecule has 0 radical (unpaired) electrons. The second kappa shape index (κ2) is 9.74. The zero-order chi connectivity index (χ0) is 26.0. The van der Waals surface area contributed by atoms with Crippen LogP contribution in [-0.2, 0) is 10.2 Å². The molecule has 0 saturated carbocycles. The van der Waals surface area contributed by atoms with E-state index in [0.29, 0.717) is 11.6 Å². The topological polar surface area (TPSA) is 88.2 Å². The van der Waals surface area contributed by atoms with Gasteiger partial charge in [-0.05, 0) is 49.6 Å². The van der Waals surface area contributed by atoms with Crippen molar-refractivity contribution in [3.05, 3.63) is 108 Å². The van der Waals surface area contributed by atoms with E-state index < -0.39 is 11.4 Å². The van der Waals surface area contributed by atoms with E-state index in [2.05, 4.69) is 10.5 Å². The van der Waals surface area contributed by atoms with Crippen molar-refractivity contribution >= 4 is 17.5 Å². The lowest BCUT2D eigenvalue weighted by molar-refractivity contribution is -0.142. The third kappa shape index (κ3) is 4.86. The maximum atomic E-state index is 11.6. The van der Waals surface area contributed by atoms with Gasteiger partial charge in [0, 0.05) is 11.1 Å². The third-order valence-electron chi connectivity index (χ3n) is 6.56. The van der Waals surface area contributed by atoms with Crippen LogP contribution in [0, 0.1) is 6.92 Å². The van der Waals surface area contributed by atoms with Crippen LogP contribution in [0.3, 0.4) is 0 Å². The molecule has 37 heavy (non-hydrogen) atoms. The molecule has 0 spiro atoms. The molecular weight excluding hydrogens is 462 g/mol. The van der Waals surface area contributed by atoms with Gasteiger partial charge in [-0.25, -0.2) is 4.98 Å². The molecule has 5 aromatic rings. The normalized spacial score (nSPS) is 11.3. The Kier molecular flexibility index (Phi) is 6.32. The van der Waals surface area contributed by atoms with Crippen molar-refractivity contribution < 1.29 is 14.4 Å². The van der Waals surface area contributed by atoms with Crippen molar-refractivity contribution in [2.24, 2.45) is 0 Å². The summed E-state index contributed by atoms with van der Waals surface area (Å²) in [4.78, 5) is 16.3. The molecule has 184 valence electrons. The predicted molar refractivity (Wildman–Crippen MR) is 146 cm³/mol. The number of hydrogen-bond acceptors (Lipinski definition) is 5. The van der Waals surface area contributed by atoms with Crippen LogP contribution in [0.2, 0.25) is 0 Å². The second-order valence-corrected chi connectivity index (χ2v) is 9.46. The van der Waals surface area contributed by atoms with Crippen molar-refractivity contribution in [2.75, 3.05) is 5.32 Å². The number of rotatable bonds is 7. The number of carbonyl (C=O) groups is 1. The van der Waals surface area contributed by atoms with E-state index >= 15 is 0 Å². The summed E-state index contributed by atoms with van der Waals surface area (Å²) in [7, 11) is 0.